The monoisotopic (exact) mass is 425 g/mol. The van der Waals surface area contributed by atoms with Crippen LogP contribution in [0.1, 0.15) is 51.5 Å². The summed E-state index contributed by atoms with van der Waals surface area (Å²) in [6.07, 6.45) is 2.41. The molecule has 160 valence electrons. The van der Waals surface area contributed by atoms with Crippen molar-refractivity contribution >= 4 is 15.7 Å². The summed E-state index contributed by atoms with van der Waals surface area (Å²) in [7, 11) is -3.47. The number of ether oxygens (including phenoxy) is 1. The normalized spacial score (nSPS) is 27.4. The van der Waals surface area contributed by atoms with Crippen LogP contribution in [0.15, 0.2) is 70.6 Å². The highest BCUT2D eigenvalue weighted by atomic mass is 32.2. The smallest absolute Gasteiger partial charge is 0.187 e. The SMILES string of the molecule is CC(C)(C)[C@H]1COC([C@@H]2CCC[C@H](S(=O)(=O)c3ccccc3)[C@H]2c2ccccc2)=N1. The average Bonchev–Trinajstić information content (AvgIpc) is 3.25. The quantitative estimate of drug-likeness (QED) is 0.672. The molecule has 0 radical (unpaired) electrons. The summed E-state index contributed by atoms with van der Waals surface area (Å²) < 4.78 is 33.5. The Kier molecular flexibility index (Phi) is 5.75. The molecule has 4 nitrogen and oxygen atoms in total. The second-order valence-electron chi connectivity index (χ2n) is 9.53. The predicted octanol–water partition coefficient (Wildman–Crippen LogP) is 5.26. The fourth-order valence-corrected chi connectivity index (χ4v) is 6.82. The average molecular weight is 426 g/mol. The maximum Gasteiger partial charge on any atom is 0.187 e. The van der Waals surface area contributed by atoms with Crippen LogP contribution in [-0.4, -0.2) is 32.2 Å². The maximum absolute atomic E-state index is 13.7. The molecule has 0 N–H and O–H groups in total. The van der Waals surface area contributed by atoms with Crippen LogP contribution in [0, 0.1) is 11.3 Å². The van der Waals surface area contributed by atoms with E-state index in [9.17, 15) is 8.42 Å². The van der Waals surface area contributed by atoms with Crippen molar-refractivity contribution < 1.29 is 13.2 Å². The molecule has 2 aromatic rings. The Balaban J connectivity index is 1.76. The summed E-state index contributed by atoms with van der Waals surface area (Å²) in [5, 5.41) is -0.485. The minimum absolute atomic E-state index is 0.0167. The lowest BCUT2D eigenvalue weighted by molar-refractivity contribution is 0.221. The molecule has 2 aromatic carbocycles. The van der Waals surface area contributed by atoms with E-state index < -0.39 is 15.1 Å². The first kappa shape index (κ1) is 21.1. The highest BCUT2D eigenvalue weighted by molar-refractivity contribution is 7.92. The third-order valence-electron chi connectivity index (χ3n) is 6.48. The Morgan fingerprint density at radius 1 is 0.933 bits per heavy atom. The molecule has 4 atom stereocenters. The third-order valence-corrected chi connectivity index (χ3v) is 8.74. The zero-order chi connectivity index (χ0) is 21.4. The van der Waals surface area contributed by atoms with Crippen LogP contribution in [0.25, 0.3) is 0 Å². The van der Waals surface area contributed by atoms with E-state index in [2.05, 4.69) is 20.8 Å². The largest absolute Gasteiger partial charge is 0.478 e. The van der Waals surface area contributed by atoms with Crippen LogP contribution < -0.4 is 0 Å². The lowest BCUT2D eigenvalue weighted by Crippen LogP contribution is -2.40. The highest BCUT2D eigenvalue weighted by Gasteiger charge is 2.46. The predicted molar refractivity (Wildman–Crippen MR) is 121 cm³/mol. The molecular formula is C25H31NO3S. The van der Waals surface area contributed by atoms with E-state index >= 15 is 0 Å². The van der Waals surface area contributed by atoms with Crippen molar-refractivity contribution in [2.75, 3.05) is 6.61 Å². The number of aliphatic imine (C=N–C) groups is 1. The van der Waals surface area contributed by atoms with Crippen molar-refractivity contribution in [3.63, 3.8) is 0 Å². The van der Waals surface area contributed by atoms with Crippen molar-refractivity contribution in [2.45, 2.75) is 62.1 Å². The molecular weight excluding hydrogens is 394 g/mol. The van der Waals surface area contributed by atoms with Crippen molar-refractivity contribution in [2.24, 2.45) is 16.3 Å². The molecule has 30 heavy (non-hydrogen) atoms. The van der Waals surface area contributed by atoms with Crippen LogP contribution in [0.3, 0.4) is 0 Å². The van der Waals surface area contributed by atoms with Gasteiger partial charge in [0.05, 0.1) is 16.2 Å². The fourth-order valence-electron chi connectivity index (χ4n) is 4.73. The van der Waals surface area contributed by atoms with Crippen LogP contribution in [0.4, 0.5) is 0 Å². The zero-order valence-electron chi connectivity index (χ0n) is 18.0. The third kappa shape index (κ3) is 4.04. The Morgan fingerprint density at radius 2 is 1.57 bits per heavy atom. The molecule has 0 saturated heterocycles. The zero-order valence-corrected chi connectivity index (χ0v) is 18.8. The van der Waals surface area contributed by atoms with Crippen LogP contribution in [0.2, 0.25) is 0 Å². The van der Waals surface area contributed by atoms with E-state index in [-0.39, 0.29) is 23.3 Å². The van der Waals surface area contributed by atoms with Gasteiger partial charge in [-0.15, -0.1) is 0 Å². The van der Waals surface area contributed by atoms with Gasteiger partial charge in [-0.1, -0.05) is 75.7 Å². The highest BCUT2D eigenvalue weighted by Crippen LogP contribution is 2.45. The van der Waals surface area contributed by atoms with Gasteiger partial charge in [-0.2, -0.15) is 0 Å². The van der Waals surface area contributed by atoms with Gasteiger partial charge in [0.2, 0.25) is 0 Å². The van der Waals surface area contributed by atoms with Gasteiger partial charge in [-0.3, -0.25) is 0 Å². The topological polar surface area (TPSA) is 55.7 Å². The van der Waals surface area contributed by atoms with E-state index in [1.54, 1.807) is 24.3 Å². The van der Waals surface area contributed by atoms with Gasteiger partial charge < -0.3 is 4.74 Å². The molecule has 0 amide bonds. The van der Waals surface area contributed by atoms with E-state index in [4.69, 9.17) is 9.73 Å². The second-order valence-corrected chi connectivity index (χ2v) is 11.7. The first-order valence-electron chi connectivity index (χ1n) is 10.8. The first-order valence-corrected chi connectivity index (χ1v) is 12.4. The van der Waals surface area contributed by atoms with Crippen molar-refractivity contribution in [3.8, 4) is 0 Å². The fraction of sp³-hybridized carbons (Fsp3) is 0.480. The summed E-state index contributed by atoms with van der Waals surface area (Å²) in [6.45, 7) is 7.09. The summed E-state index contributed by atoms with van der Waals surface area (Å²) in [4.78, 5) is 5.35. The molecule has 2 aliphatic rings. The molecule has 1 aliphatic carbocycles. The lowest BCUT2D eigenvalue weighted by atomic mass is 9.75. The standard InChI is InChI=1S/C25H31NO3S/c1-25(2,3)22-17-29-24(26-22)20-15-10-16-21(23(20)18-11-6-4-7-12-18)30(27,28)19-13-8-5-9-14-19/h4-9,11-14,20-23H,10,15-17H2,1-3H3/t20-,21+,22-,23+/m1/s1. The van der Waals surface area contributed by atoms with E-state index in [1.807, 2.05) is 36.4 Å². The molecule has 5 heteroatoms. The van der Waals surface area contributed by atoms with Gasteiger partial charge >= 0.3 is 0 Å². The van der Waals surface area contributed by atoms with E-state index in [1.165, 1.54) is 0 Å². The molecule has 1 aliphatic heterocycles. The first-order chi connectivity index (χ1) is 14.3. The van der Waals surface area contributed by atoms with E-state index in [0.29, 0.717) is 17.9 Å². The number of rotatable bonds is 4. The summed E-state index contributed by atoms with van der Waals surface area (Å²) in [5.41, 5.74) is 1.07. The van der Waals surface area contributed by atoms with Gasteiger partial charge in [0, 0.05) is 11.8 Å². The van der Waals surface area contributed by atoms with Crippen LogP contribution >= 0.6 is 0 Å². The Labute approximate surface area is 180 Å². The van der Waals surface area contributed by atoms with Gasteiger partial charge in [0.25, 0.3) is 0 Å². The number of hydrogen-bond donors (Lipinski definition) is 0. The number of benzene rings is 2. The molecule has 0 aromatic heterocycles. The Morgan fingerprint density at radius 3 is 2.17 bits per heavy atom. The lowest BCUT2D eigenvalue weighted by Gasteiger charge is -2.37. The van der Waals surface area contributed by atoms with Gasteiger partial charge in [0.1, 0.15) is 6.61 Å². The van der Waals surface area contributed by atoms with Gasteiger partial charge in [-0.25, -0.2) is 13.4 Å². The molecule has 1 fully saturated rings. The summed E-state index contributed by atoms with van der Waals surface area (Å²) >= 11 is 0. The minimum atomic E-state index is -3.47. The van der Waals surface area contributed by atoms with E-state index in [0.717, 1.165) is 24.3 Å². The number of sulfone groups is 1. The summed E-state index contributed by atoms with van der Waals surface area (Å²) in [6, 6.07) is 19.0. The van der Waals surface area contributed by atoms with Crippen molar-refractivity contribution in [1.82, 2.24) is 0 Å². The molecule has 1 saturated carbocycles. The summed E-state index contributed by atoms with van der Waals surface area (Å²) in [5.74, 6) is 0.566. The molecule has 1 heterocycles. The number of nitrogens with zero attached hydrogens (tertiary/aromatic N) is 1. The second kappa shape index (κ2) is 8.18. The van der Waals surface area contributed by atoms with Crippen molar-refractivity contribution in [3.05, 3.63) is 66.2 Å². The van der Waals surface area contributed by atoms with Crippen LogP contribution in [0.5, 0.6) is 0 Å². The molecule has 0 bridgehead atoms. The minimum Gasteiger partial charge on any atom is -0.478 e. The molecule has 0 spiro atoms. The Hall–Kier alpha value is -2.14. The molecule has 4 rings (SSSR count). The van der Waals surface area contributed by atoms with Gasteiger partial charge in [-0.05, 0) is 36.0 Å². The molecule has 0 unspecified atom stereocenters. The Bertz CT molecular complexity index is 994. The number of hydrogen-bond acceptors (Lipinski definition) is 4. The van der Waals surface area contributed by atoms with Crippen molar-refractivity contribution in [1.29, 1.82) is 0 Å². The van der Waals surface area contributed by atoms with Gasteiger partial charge in [0.15, 0.2) is 15.7 Å². The van der Waals surface area contributed by atoms with Crippen LogP contribution in [-0.2, 0) is 14.6 Å². The maximum atomic E-state index is 13.7.